The van der Waals surface area contributed by atoms with Gasteiger partial charge < -0.3 is 4.42 Å². The zero-order valence-corrected chi connectivity index (χ0v) is 18.1. The number of hydrogen-bond donors (Lipinski definition) is 0. The van der Waals surface area contributed by atoms with E-state index in [1.807, 2.05) is 37.3 Å². The number of aromatic nitrogens is 4. The number of rotatable bonds is 3. The standard InChI is InChI=1S/C27H17FN4O2/c1-16-22-9-6-20(15-19(22)10-13-29-16)25-31-24(18-4-7-21(28)8-5-18)27(34-25)32-14-11-17-3-2-12-30-23(17)26(32)33/h2-15H,1H3. The van der Waals surface area contributed by atoms with Crippen LogP contribution in [0, 0.1) is 12.7 Å². The lowest BCUT2D eigenvalue weighted by molar-refractivity contribution is 0.543. The second kappa shape index (κ2) is 7.74. The predicted molar refractivity (Wildman–Crippen MR) is 128 cm³/mol. The number of hydrogen-bond acceptors (Lipinski definition) is 5. The summed E-state index contributed by atoms with van der Waals surface area (Å²) in [4.78, 5) is 26.6. The van der Waals surface area contributed by atoms with Gasteiger partial charge in [0, 0.05) is 46.2 Å². The molecule has 0 atom stereocenters. The molecule has 0 saturated carbocycles. The summed E-state index contributed by atoms with van der Waals surface area (Å²) in [6.07, 6.45) is 4.97. The second-order valence-corrected chi connectivity index (χ2v) is 7.94. The van der Waals surface area contributed by atoms with Crippen molar-refractivity contribution in [2.75, 3.05) is 0 Å². The maximum atomic E-state index is 13.6. The Balaban J connectivity index is 1.59. The van der Waals surface area contributed by atoms with Gasteiger partial charge in [0.05, 0.1) is 0 Å². The molecular formula is C27H17FN4O2. The smallest absolute Gasteiger partial charge is 0.283 e. The summed E-state index contributed by atoms with van der Waals surface area (Å²) in [5.41, 5.74) is 2.73. The Morgan fingerprint density at radius 1 is 0.882 bits per heavy atom. The SMILES string of the molecule is Cc1nccc2cc(-c3nc(-c4ccc(F)cc4)c(-n4ccc5cccnc5c4=O)o3)ccc12. The van der Waals surface area contributed by atoms with Gasteiger partial charge in [-0.3, -0.25) is 19.3 Å². The van der Waals surface area contributed by atoms with Crippen molar-refractivity contribution < 1.29 is 8.81 Å². The molecule has 6 rings (SSSR count). The number of pyridine rings is 3. The average molecular weight is 448 g/mol. The van der Waals surface area contributed by atoms with Crippen LogP contribution in [0.25, 0.3) is 50.3 Å². The van der Waals surface area contributed by atoms with E-state index in [-0.39, 0.29) is 17.3 Å². The molecule has 0 radical (unpaired) electrons. The van der Waals surface area contributed by atoms with Gasteiger partial charge in [-0.05, 0) is 66.9 Å². The minimum Gasteiger partial charge on any atom is -0.419 e. The quantitative estimate of drug-likeness (QED) is 0.347. The van der Waals surface area contributed by atoms with Gasteiger partial charge in [0.15, 0.2) is 0 Å². The Morgan fingerprint density at radius 2 is 1.71 bits per heavy atom. The molecule has 0 aliphatic heterocycles. The molecule has 0 saturated heterocycles. The molecule has 34 heavy (non-hydrogen) atoms. The minimum atomic E-state index is -0.361. The highest BCUT2D eigenvalue weighted by atomic mass is 19.1. The third kappa shape index (κ3) is 3.26. The molecule has 0 fully saturated rings. The molecule has 0 amide bonds. The van der Waals surface area contributed by atoms with Crippen molar-refractivity contribution in [2.24, 2.45) is 0 Å². The van der Waals surface area contributed by atoms with Crippen LogP contribution in [-0.4, -0.2) is 19.5 Å². The number of benzene rings is 2. The van der Waals surface area contributed by atoms with Crippen LogP contribution in [0.5, 0.6) is 0 Å². The van der Waals surface area contributed by atoms with Gasteiger partial charge in [-0.25, -0.2) is 9.37 Å². The van der Waals surface area contributed by atoms with Crippen LogP contribution in [-0.2, 0) is 0 Å². The molecule has 0 aliphatic rings. The lowest BCUT2D eigenvalue weighted by Crippen LogP contribution is -2.18. The van der Waals surface area contributed by atoms with E-state index in [9.17, 15) is 9.18 Å². The molecule has 4 aromatic heterocycles. The van der Waals surface area contributed by atoms with Crippen molar-refractivity contribution in [3.8, 4) is 28.6 Å². The van der Waals surface area contributed by atoms with Gasteiger partial charge in [-0.15, -0.1) is 0 Å². The van der Waals surface area contributed by atoms with Crippen molar-refractivity contribution >= 4 is 21.7 Å². The third-order valence-electron chi connectivity index (χ3n) is 5.82. The monoisotopic (exact) mass is 448 g/mol. The maximum Gasteiger partial charge on any atom is 0.283 e. The molecule has 0 N–H and O–H groups in total. The van der Waals surface area contributed by atoms with Gasteiger partial charge in [0.25, 0.3) is 5.56 Å². The fraction of sp³-hybridized carbons (Fsp3) is 0.0370. The number of halogens is 1. The first-order valence-corrected chi connectivity index (χ1v) is 10.7. The van der Waals surface area contributed by atoms with Crippen LogP contribution in [0.3, 0.4) is 0 Å². The molecule has 6 nitrogen and oxygen atoms in total. The molecule has 164 valence electrons. The Bertz CT molecular complexity index is 1750. The summed E-state index contributed by atoms with van der Waals surface area (Å²) in [5.74, 6) is 0.225. The zero-order valence-electron chi connectivity index (χ0n) is 18.1. The molecule has 2 aromatic carbocycles. The van der Waals surface area contributed by atoms with Crippen LogP contribution in [0.15, 0.2) is 94.5 Å². The number of fused-ring (bicyclic) bond motifs is 2. The van der Waals surface area contributed by atoms with E-state index in [4.69, 9.17) is 9.40 Å². The highest BCUT2D eigenvalue weighted by molar-refractivity contribution is 5.88. The first-order valence-electron chi connectivity index (χ1n) is 10.7. The van der Waals surface area contributed by atoms with Crippen molar-refractivity contribution in [1.82, 2.24) is 19.5 Å². The molecule has 0 unspecified atom stereocenters. The Hall–Kier alpha value is -4.65. The molecular weight excluding hydrogens is 431 g/mol. The van der Waals surface area contributed by atoms with Gasteiger partial charge >= 0.3 is 0 Å². The summed E-state index contributed by atoms with van der Waals surface area (Å²) in [7, 11) is 0. The second-order valence-electron chi connectivity index (χ2n) is 7.94. The normalized spacial score (nSPS) is 11.4. The van der Waals surface area contributed by atoms with Crippen LogP contribution >= 0.6 is 0 Å². The number of nitrogens with zero attached hydrogens (tertiary/aromatic N) is 4. The van der Waals surface area contributed by atoms with Gasteiger partial charge in [-0.1, -0.05) is 12.1 Å². The van der Waals surface area contributed by atoms with Crippen LogP contribution in [0.2, 0.25) is 0 Å². The van der Waals surface area contributed by atoms with Gasteiger partial charge in [0.1, 0.15) is 17.0 Å². The lowest BCUT2D eigenvalue weighted by Gasteiger charge is -2.06. The largest absolute Gasteiger partial charge is 0.419 e. The van der Waals surface area contributed by atoms with Crippen LogP contribution in [0.4, 0.5) is 4.39 Å². The van der Waals surface area contributed by atoms with Crippen molar-refractivity contribution in [3.05, 3.63) is 107 Å². The van der Waals surface area contributed by atoms with E-state index in [2.05, 4.69) is 9.97 Å². The molecule has 0 bridgehead atoms. The minimum absolute atomic E-state index is 0.241. The number of aryl methyl sites for hydroxylation is 1. The highest BCUT2D eigenvalue weighted by Gasteiger charge is 2.20. The first kappa shape index (κ1) is 20.0. The molecule has 6 aromatic rings. The highest BCUT2D eigenvalue weighted by Crippen LogP contribution is 2.33. The molecule has 0 spiro atoms. The van der Waals surface area contributed by atoms with E-state index >= 15 is 0 Å². The fourth-order valence-corrected chi connectivity index (χ4v) is 4.08. The number of oxazole rings is 1. The van der Waals surface area contributed by atoms with Crippen LogP contribution < -0.4 is 5.56 Å². The van der Waals surface area contributed by atoms with E-state index in [1.54, 1.807) is 42.9 Å². The van der Waals surface area contributed by atoms with E-state index < -0.39 is 0 Å². The summed E-state index contributed by atoms with van der Waals surface area (Å²) >= 11 is 0. The van der Waals surface area contributed by atoms with E-state index in [0.717, 1.165) is 27.4 Å². The fourth-order valence-electron chi connectivity index (χ4n) is 4.08. The zero-order chi connectivity index (χ0) is 23.2. The topological polar surface area (TPSA) is 73.8 Å². The molecule has 7 heteroatoms. The first-order chi connectivity index (χ1) is 16.6. The average Bonchev–Trinajstić information content (AvgIpc) is 3.30. The summed E-state index contributed by atoms with van der Waals surface area (Å²) in [6.45, 7) is 1.96. The van der Waals surface area contributed by atoms with Gasteiger partial charge in [0.2, 0.25) is 11.8 Å². The van der Waals surface area contributed by atoms with Crippen molar-refractivity contribution in [1.29, 1.82) is 0 Å². The summed E-state index contributed by atoms with van der Waals surface area (Å²) in [5, 5.41) is 2.76. The Kier molecular flexibility index (Phi) is 4.55. The predicted octanol–water partition coefficient (Wildman–Crippen LogP) is 5.70. The summed E-state index contributed by atoms with van der Waals surface area (Å²) < 4.78 is 21.2. The van der Waals surface area contributed by atoms with Crippen LogP contribution in [0.1, 0.15) is 5.69 Å². The molecule has 0 aliphatic carbocycles. The molecule has 4 heterocycles. The summed E-state index contributed by atoms with van der Waals surface area (Å²) in [6, 6.07) is 19.1. The van der Waals surface area contributed by atoms with Crippen molar-refractivity contribution in [3.63, 3.8) is 0 Å². The lowest BCUT2D eigenvalue weighted by atomic mass is 10.1. The van der Waals surface area contributed by atoms with Crippen molar-refractivity contribution in [2.45, 2.75) is 6.92 Å². The Morgan fingerprint density at radius 3 is 2.56 bits per heavy atom. The third-order valence-corrected chi connectivity index (χ3v) is 5.82. The van der Waals surface area contributed by atoms with Gasteiger partial charge in [-0.2, -0.15) is 0 Å². The van der Waals surface area contributed by atoms with E-state index in [1.165, 1.54) is 16.7 Å². The maximum absolute atomic E-state index is 13.6. The Labute approximate surface area is 193 Å². The van der Waals surface area contributed by atoms with E-state index in [0.29, 0.717) is 22.7 Å².